The number of aryl methyl sites for hydroxylation is 3. The van der Waals surface area contributed by atoms with Gasteiger partial charge in [0.1, 0.15) is 5.75 Å². The quantitative estimate of drug-likeness (QED) is 0.858. The van der Waals surface area contributed by atoms with E-state index in [1.54, 1.807) is 0 Å². The van der Waals surface area contributed by atoms with Crippen LogP contribution in [0.15, 0.2) is 41.3 Å². The molecule has 0 bridgehead atoms. The summed E-state index contributed by atoms with van der Waals surface area (Å²) >= 11 is 0. The van der Waals surface area contributed by atoms with Crippen LogP contribution < -0.4 is 9.46 Å². The van der Waals surface area contributed by atoms with Gasteiger partial charge in [-0.3, -0.25) is 0 Å². The molecule has 4 nitrogen and oxygen atoms in total. The predicted octanol–water partition coefficient (Wildman–Crippen LogP) is 4.05. The van der Waals surface area contributed by atoms with Crippen molar-refractivity contribution in [3.8, 4) is 5.75 Å². The molecule has 2 aromatic carbocycles. The summed E-state index contributed by atoms with van der Waals surface area (Å²) in [6.45, 7) is 9.95. The minimum atomic E-state index is -3.60. The summed E-state index contributed by atoms with van der Waals surface area (Å²) in [6, 6.07) is 10.9. The molecule has 0 saturated heterocycles. The molecule has 0 aliphatic rings. The number of ether oxygens (including phenoxy) is 1. The number of hydrogen-bond acceptors (Lipinski definition) is 3. The number of hydrogen-bond donors (Lipinski definition) is 1. The second kappa shape index (κ2) is 7.36. The lowest BCUT2D eigenvalue weighted by molar-refractivity contribution is 0.339. The Labute approximate surface area is 144 Å². The lowest BCUT2D eigenvalue weighted by atomic mass is 10.1. The smallest absolute Gasteiger partial charge is 0.241 e. The Morgan fingerprint density at radius 2 is 1.71 bits per heavy atom. The summed E-state index contributed by atoms with van der Waals surface area (Å²) in [5.41, 5.74) is 3.44. The van der Waals surface area contributed by atoms with Crippen LogP contribution in [0.3, 0.4) is 0 Å². The molecule has 0 aliphatic heterocycles. The summed E-state index contributed by atoms with van der Waals surface area (Å²) in [5.74, 6) is 0.740. The average Bonchev–Trinajstić information content (AvgIpc) is 2.45. The summed E-state index contributed by atoms with van der Waals surface area (Å²) in [4.78, 5) is 0.362. The Hall–Kier alpha value is -1.85. The van der Waals surface area contributed by atoms with Crippen LogP contribution >= 0.6 is 0 Å². The zero-order chi connectivity index (χ0) is 17.9. The summed E-state index contributed by atoms with van der Waals surface area (Å²) in [7, 11) is -3.60. The molecule has 0 aromatic heterocycles. The standard InChI is InChI=1S/C19H25NO3S/c1-6-23-18-9-7-8-17(12-18)16(5)20-24(21,22)19-14(3)10-13(2)11-15(19)4/h7-12,16,20H,6H2,1-5H3. The molecule has 0 radical (unpaired) electrons. The maximum absolute atomic E-state index is 12.8. The molecule has 0 saturated carbocycles. The maximum atomic E-state index is 12.8. The third kappa shape index (κ3) is 4.16. The molecule has 2 rings (SSSR count). The van der Waals surface area contributed by atoms with Gasteiger partial charge >= 0.3 is 0 Å². The molecule has 1 N–H and O–H groups in total. The number of nitrogens with one attached hydrogen (secondary N) is 1. The van der Waals surface area contributed by atoms with Gasteiger partial charge in [0.05, 0.1) is 11.5 Å². The van der Waals surface area contributed by atoms with E-state index in [1.807, 2.05) is 71.0 Å². The molecule has 1 unspecified atom stereocenters. The van der Waals surface area contributed by atoms with Gasteiger partial charge < -0.3 is 4.74 Å². The molecule has 0 aliphatic carbocycles. The van der Waals surface area contributed by atoms with Crippen LogP contribution in [0.5, 0.6) is 5.75 Å². The number of benzene rings is 2. The van der Waals surface area contributed by atoms with Gasteiger partial charge in [0, 0.05) is 6.04 Å². The topological polar surface area (TPSA) is 55.4 Å². The largest absolute Gasteiger partial charge is 0.494 e. The Morgan fingerprint density at radius 1 is 1.08 bits per heavy atom. The van der Waals surface area contributed by atoms with Crippen LogP contribution in [0.2, 0.25) is 0 Å². The van der Waals surface area contributed by atoms with Crippen molar-refractivity contribution in [2.24, 2.45) is 0 Å². The Morgan fingerprint density at radius 3 is 2.29 bits per heavy atom. The average molecular weight is 347 g/mol. The molecule has 130 valence electrons. The van der Waals surface area contributed by atoms with Crippen molar-refractivity contribution in [2.75, 3.05) is 6.61 Å². The first-order valence-electron chi connectivity index (χ1n) is 8.07. The fourth-order valence-corrected chi connectivity index (χ4v) is 4.68. The molecule has 1 atom stereocenters. The molecule has 5 heteroatoms. The van der Waals surface area contributed by atoms with Crippen LogP contribution in [-0.4, -0.2) is 15.0 Å². The summed E-state index contributed by atoms with van der Waals surface area (Å²) in [5, 5.41) is 0. The summed E-state index contributed by atoms with van der Waals surface area (Å²) in [6.07, 6.45) is 0. The van der Waals surface area contributed by atoms with Gasteiger partial charge in [-0.25, -0.2) is 13.1 Å². The van der Waals surface area contributed by atoms with Gasteiger partial charge in [-0.05, 0) is 63.4 Å². The second-order valence-corrected chi connectivity index (χ2v) is 7.73. The number of sulfonamides is 1. The van der Waals surface area contributed by atoms with Crippen molar-refractivity contribution >= 4 is 10.0 Å². The van der Waals surface area contributed by atoms with Crippen molar-refractivity contribution in [3.63, 3.8) is 0 Å². The predicted molar refractivity (Wildman–Crippen MR) is 97.0 cm³/mol. The minimum Gasteiger partial charge on any atom is -0.494 e. The highest BCUT2D eigenvalue weighted by Crippen LogP contribution is 2.25. The van der Waals surface area contributed by atoms with Crippen molar-refractivity contribution in [1.82, 2.24) is 4.72 Å². The first kappa shape index (κ1) is 18.5. The fourth-order valence-electron chi connectivity index (χ4n) is 2.99. The van der Waals surface area contributed by atoms with E-state index in [4.69, 9.17) is 4.74 Å². The van der Waals surface area contributed by atoms with Crippen LogP contribution in [0.25, 0.3) is 0 Å². The molecule has 24 heavy (non-hydrogen) atoms. The third-order valence-electron chi connectivity index (χ3n) is 3.87. The normalized spacial score (nSPS) is 12.9. The minimum absolute atomic E-state index is 0.351. The molecule has 2 aromatic rings. The molecule has 0 spiro atoms. The SMILES string of the molecule is CCOc1cccc(C(C)NS(=O)(=O)c2c(C)cc(C)cc2C)c1. The van der Waals surface area contributed by atoms with Gasteiger partial charge in [-0.2, -0.15) is 0 Å². The fraction of sp³-hybridized carbons (Fsp3) is 0.368. The first-order valence-corrected chi connectivity index (χ1v) is 9.56. The molecular weight excluding hydrogens is 322 g/mol. The molecule has 0 amide bonds. The van der Waals surface area contributed by atoms with Gasteiger partial charge in [-0.1, -0.05) is 29.8 Å². The molecule has 0 heterocycles. The first-order chi connectivity index (χ1) is 11.2. The van der Waals surface area contributed by atoms with Crippen molar-refractivity contribution in [1.29, 1.82) is 0 Å². The maximum Gasteiger partial charge on any atom is 0.241 e. The Balaban J connectivity index is 2.31. The zero-order valence-electron chi connectivity index (χ0n) is 14.9. The summed E-state index contributed by atoms with van der Waals surface area (Å²) < 4.78 is 33.9. The van der Waals surface area contributed by atoms with Crippen LogP contribution in [0, 0.1) is 20.8 Å². The Kier molecular flexibility index (Phi) is 5.67. The van der Waals surface area contributed by atoms with Gasteiger partial charge in [-0.15, -0.1) is 0 Å². The monoisotopic (exact) mass is 347 g/mol. The highest BCUT2D eigenvalue weighted by Gasteiger charge is 2.22. The third-order valence-corrected chi connectivity index (χ3v) is 5.72. The van der Waals surface area contributed by atoms with E-state index < -0.39 is 10.0 Å². The van der Waals surface area contributed by atoms with Gasteiger partial charge in [0.2, 0.25) is 10.0 Å². The molecular formula is C19H25NO3S. The number of rotatable bonds is 6. The highest BCUT2D eigenvalue weighted by atomic mass is 32.2. The lowest BCUT2D eigenvalue weighted by Crippen LogP contribution is -2.28. The van der Waals surface area contributed by atoms with E-state index in [1.165, 1.54) is 0 Å². The van der Waals surface area contributed by atoms with Crippen molar-refractivity contribution in [2.45, 2.75) is 45.6 Å². The van der Waals surface area contributed by atoms with Crippen LogP contribution in [-0.2, 0) is 10.0 Å². The highest BCUT2D eigenvalue weighted by molar-refractivity contribution is 7.89. The van der Waals surface area contributed by atoms with Gasteiger partial charge in [0.25, 0.3) is 0 Å². The van der Waals surface area contributed by atoms with Gasteiger partial charge in [0.15, 0.2) is 0 Å². The van der Waals surface area contributed by atoms with E-state index in [0.717, 1.165) is 28.0 Å². The second-order valence-electron chi connectivity index (χ2n) is 6.08. The Bertz CT molecular complexity index is 805. The van der Waals surface area contributed by atoms with E-state index in [9.17, 15) is 8.42 Å². The lowest BCUT2D eigenvalue weighted by Gasteiger charge is -2.18. The van der Waals surface area contributed by atoms with Crippen LogP contribution in [0.4, 0.5) is 0 Å². The van der Waals surface area contributed by atoms with E-state index in [0.29, 0.717) is 11.5 Å². The molecule has 0 fully saturated rings. The van der Waals surface area contributed by atoms with E-state index in [-0.39, 0.29) is 6.04 Å². The zero-order valence-corrected chi connectivity index (χ0v) is 15.7. The van der Waals surface area contributed by atoms with Crippen molar-refractivity contribution < 1.29 is 13.2 Å². The van der Waals surface area contributed by atoms with E-state index >= 15 is 0 Å². The van der Waals surface area contributed by atoms with Crippen LogP contribution in [0.1, 0.15) is 42.1 Å². The van der Waals surface area contributed by atoms with E-state index in [2.05, 4.69) is 4.72 Å². The van der Waals surface area contributed by atoms with Crippen molar-refractivity contribution in [3.05, 3.63) is 58.7 Å².